The first-order valence-corrected chi connectivity index (χ1v) is 6.78. The molecule has 1 aliphatic rings. The minimum absolute atomic E-state index is 0.0934. The molecular weight excluding hydrogens is 226 g/mol. The summed E-state index contributed by atoms with van der Waals surface area (Å²) in [6.45, 7) is 8.36. The van der Waals surface area contributed by atoms with Crippen LogP contribution in [0.2, 0.25) is 0 Å². The van der Waals surface area contributed by atoms with Crippen molar-refractivity contribution >= 4 is 5.78 Å². The highest BCUT2D eigenvalue weighted by Gasteiger charge is 2.24. The molecule has 0 N–H and O–H groups in total. The Bertz CT molecular complexity index is 428. The van der Waals surface area contributed by atoms with Crippen LogP contribution in [0.5, 0.6) is 0 Å². The molecule has 0 atom stereocenters. The van der Waals surface area contributed by atoms with Crippen LogP contribution in [0, 0.1) is 0 Å². The first kappa shape index (κ1) is 13.3. The van der Waals surface area contributed by atoms with Gasteiger partial charge in [0.2, 0.25) is 0 Å². The van der Waals surface area contributed by atoms with Gasteiger partial charge in [0, 0.05) is 25.9 Å². The molecular formula is C14H23N3O. The van der Waals surface area contributed by atoms with E-state index in [0.717, 1.165) is 37.3 Å². The van der Waals surface area contributed by atoms with Crippen LogP contribution in [-0.2, 0) is 7.05 Å². The van der Waals surface area contributed by atoms with Gasteiger partial charge < -0.3 is 4.90 Å². The number of carbonyl (C=O) groups excluding carboxylic acids is 1. The second-order valence-corrected chi connectivity index (χ2v) is 5.54. The molecule has 1 aromatic heterocycles. The summed E-state index contributed by atoms with van der Waals surface area (Å²) < 4.78 is 1.71. The fraction of sp³-hybridized carbons (Fsp3) is 0.714. The van der Waals surface area contributed by atoms with E-state index in [1.807, 2.05) is 13.1 Å². The van der Waals surface area contributed by atoms with Gasteiger partial charge in [0.1, 0.15) is 5.69 Å². The molecule has 1 aromatic rings. The number of likely N-dealkylation sites (tertiary alicyclic amines) is 1. The molecule has 0 amide bonds. The third-order valence-electron chi connectivity index (χ3n) is 3.94. The van der Waals surface area contributed by atoms with Crippen molar-refractivity contribution in [1.29, 1.82) is 0 Å². The van der Waals surface area contributed by atoms with E-state index in [0.29, 0.717) is 12.0 Å². The van der Waals surface area contributed by atoms with Gasteiger partial charge in [-0.05, 0) is 45.8 Å². The second-order valence-electron chi connectivity index (χ2n) is 5.54. The highest BCUT2D eigenvalue weighted by molar-refractivity contribution is 5.92. The summed E-state index contributed by atoms with van der Waals surface area (Å²) in [5.74, 6) is 0.607. The first-order chi connectivity index (χ1) is 8.49. The summed E-state index contributed by atoms with van der Waals surface area (Å²) in [5, 5.41) is 4.50. The molecule has 100 valence electrons. The number of Topliss-reactive ketones (excluding diaryl/α,β-unsaturated/α-hetero) is 1. The number of carbonyl (C=O) groups is 1. The van der Waals surface area contributed by atoms with Crippen LogP contribution in [0.15, 0.2) is 6.07 Å². The number of hydrogen-bond acceptors (Lipinski definition) is 3. The van der Waals surface area contributed by atoms with Crippen molar-refractivity contribution in [3.8, 4) is 0 Å². The number of aromatic nitrogens is 2. The Labute approximate surface area is 109 Å². The summed E-state index contributed by atoms with van der Waals surface area (Å²) >= 11 is 0. The molecule has 0 aliphatic carbocycles. The largest absolute Gasteiger partial charge is 0.301 e. The summed E-state index contributed by atoms with van der Waals surface area (Å²) in [5.41, 5.74) is 1.81. The molecule has 0 aromatic carbocycles. The third kappa shape index (κ3) is 2.64. The van der Waals surface area contributed by atoms with E-state index in [9.17, 15) is 4.79 Å². The Kier molecular flexibility index (Phi) is 3.85. The maximum Gasteiger partial charge on any atom is 0.177 e. The van der Waals surface area contributed by atoms with Gasteiger partial charge in [0.25, 0.3) is 0 Å². The molecule has 1 fully saturated rings. The van der Waals surface area contributed by atoms with E-state index in [4.69, 9.17) is 0 Å². The number of aryl methyl sites for hydroxylation is 1. The lowest BCUT2D eigenvalue weighted by atomic mass is 9.92. The van der Waals surface area contributed by atoms with Crippen LogP contribution in [0.1, 0.15) is 55.7 Å². The quantitative estimate of drug-likeness (QED) is 0.771. The molecule has 2 rings (SSSR count). The number of ketones is 1. The smallest absolute Gasteiger partial charge is 0.177 e. The van der Waals surface area contributed by atoms with Crippen LogP contribution in [-0.4, -0.2) is 39.6 Å². The topological polar surface area (TPSA) is 38.1 Å². The molecule has 18 heavy (non-hydrogen) atoms. The van der Waals surface area contributed by atoms with Gasteiger partial charge in [-0.3, -0.25) is 9.48 Å². The average molecular weight is 249 g/mol. The molecule has 0 saturated carbocycles. The SMILES string of the molecule is CC(=O)c1cc(C2CCN(C(C)C)CC2)nn1C. The predicted molar refractivity (Wildman–Crippen MR) is 71.9 cm³/mol. The maximum atomic E-state index is 11.4. The van der Waals surface area contributed by atoms with Crippen LogP contribution < -0.4 is 0 Å². The molecule has 1 aliphatic heterocycles. The molecule has 0 unspecified atom stereocenters. The Morgan fingerprint density at radius 1 is 1.39 bits per heavy atom. The highest BCUT2D eigenvalue weighted by atomic mass is 16.1. The minimum atomic E-state index is 0.0934. The summed E-state index contributed by atoms with van der Waals surface area (Å²) in [6.07, 6.45) is 2.29. The van der Waals surface area contributed by atoms with Crippen molar-refractivity contribution < 1.29 is 4.79 Å². The molecule has 2 heterocycles. The van der Waals surface area contributed by atoms with E-state index in [2.05, 4.69) is 23.8 Å². The Hall–Kier alpha value is -1.16. The van der Waals surface area contributed by atoms with Gasteiger partial charge in [-0.1, -0.05) is 0 Å². The van der Waals surface area contributed by atoms with Crippen molar-refractivity contribution in [3.05, 3.63) is 17.5 Å². The van der Waals surface area contributed by atoms with E-state index in [1.54, 1.807) is 11.6 Å². The molecule has 1 saturated heterocycles. The second kappa shape index (κ2) is 5.22. The van der Waals surface area contributed by atoms with Crippen LogP contribution >= 0.6 is 0 Å². The standard InChI is InChI=1S/C14H23N3O/c1-10(2)17-7-5-12(6-8-17)13-9-14(11(3)18)16(4)15-13/h9-10,12H,5-8H2,1-4H3. The Morgan fingerprint density at radius 2 is 2.00 bits per heavy atom. The lowest BCUT2D eigenvalue weighted by molar-refractivity contribution is 0.100. The molecule has 0 radical (unpaired) electrons. The van der Waals surface area contributed by atoms with E-state index >= 15 is 0 Å². The van der Waals surface area contributed by atoms with Crippen molar-refractivity contribution in [3.63, 3.8) is 0 Å². The van der Waals surface area contributed by atoms with Gasteiger partial charge in [0.05, 0.1) is 5.69 Å². The van der Waals surface area contributed by atoms with Gasteiger partial charge in [0.15, 0.2) is 5.78 Å². The average Bonchev–Trinajstić information content (AvgIpc) is 2.71. The van der Waals surface area contributed by atoms with Gasteiger partial charge in [-0.15, -0.1) is 0 Å². The summed E-state index contributed by atoms with van der Waals surface area (Å²) in [4.78, 5) is 13.9. The number of rotatable bonds is 3. The Balaban J connectivity index is 2.06. The van der Waals surface area contributed by atoms with Crippen molar-refractivity contribution in [2.75, 3.05) is 13.1 Å². The fourth-order valence-corrected chi connectivity index (χ4v) is 2.73. The number of piperidine rings is 1. The number of nitrogens with zero attached hydrogens (tertiary/aromatic N) is 3. The van der Waals surface area contributed by atoms with Gasteiger partial charge in [-0.2, -0.15) is 5.10 Å². The number of hydrogen-bond donors (Lipinski definition) is 0. The van der Waals surface area contributed by atoms with Crippen molar-refractivity contribution in [1.82, 2.24) is 14.7 Å². The highest BCUT2D eigenvalue weighted by Crippen LogP contribution is 2.28. The van der Waals surface area contributed by atoms with Gasteiger partial charge >= 0.3 is 0 Å². The molecule has 4 nitrogen and oxygen atoms in total. The zero-order valence-electron chi connectivity index (χ0n) is 11.8. The monoisotopic (exact) mass is 249 g/mol. The minimum Gasteiger partial charge on any atom is -0.301 e. The molecule has 4 heteroatoms. The van der Waals surface area contributed by atoms with Gasteiger partial charge in [-0.25, -0.2) is 0 Å². The molecule has 0 spiro atoms. The van der Waals surface area contributed by atoms with Crippen molar-refractivity contribution in [2.24, 2.45) is 7.05 Å². The molecule has 0 bridgehead atoms. The third-order valence-corrected chi connectivity index (χ3v) is 3.94. The fourth-order valence-electron chi connectivity index (χ4n) is 2.73. The summed E-state index contributed by atoms with van der Waals surface area (Å²) in [6, 6.07) is 2.60. The maximum absolute atomic E-state index is 11.4. The van der Waals surface area contributed by atoms with E-state index in [1.165, 1.54) is 0 Å². The van der Waals surface area contributed by atoms with Crippen LogP contribution in [0.25, 0.3) is 0 Å². The zero-order valence-corrected chi connectivity index (χ0v) is 11.8. The lowest BCUT2D eigenvalue weighted by Gasteiger charge is -2.33. The Morgan fingerprint density at radius 3 is 2.44 bits per heavy atom. The lowest BCUT2D eigenvalue weighted by Crippen LogP contribution is -2.37. The van der Waals surface area contributed by atoms with E-state index < -0.39 is 0 Å². The van der Waals surface area contributed by atoms with E-state index in [-0.39, 0.29) is 5.78 Å². The predicted octanol–water partition coefficient (Wildman–Crippen LogP) is 2.21. The van der Waals surface area contributed by atoms with Crippen LogP contribution in [0.4, 0.5) is 0 Å². The van der Waals surface area contributed by atoms with Crippen LogP contribution in [0.3, 0.4) is 0 Å². The normalized spacial score (nSPS) is 18.5. The summed E-state index contributed by atoms with van der Waals surface area (Å²) in [7, 11) is 1.85. The van der Waals surface area contributed by atoms with Crippen molar-refractivity contribution in [2.45, 2.75) is 45.6 Å². The zero-order chi connectivity index (χ0) is 13.3. The first-order valence-electron chi connectivity index (χ1n) is 6.78.